The van der Waals surface area contributed by atoms with Gasteiger partial charge in [0.15, 0.2) is 5.78 Å². The number of carbonyl (C=O) groups is 1. The van der Waals surface area contributed by atoms with Gasteiger partial charge in [0.05, 0.1) is 6.54 Å². The number of halogens is 1. The molecular formula is C14H14FNO2. The number of rotatable bonds is 3. The Morgan fingerprint density at radius 2 is 2.17 bits per heavy atom. The highest BCUT2D eigenvalue weighted by Crippen LogP contribution is 2.19. The smallest absolute Gasteiger partial charge is 0.253 e. The van der Waals surface area contributed by atoms with E-state index < -0.39 is 0 Å². The van der Waals surface area contributed by atoms with Crippen molar-refractivity contribution in [1.82, 2.24) is 4.57 Å². The van der Waals surface area contributed by atoms with Gasteiger partial charge in [-0.25, -0.2) is 4.39 Å². The number of aryl methyl sites for hydroxylation is 1. The summed E-state index contributed by atoms with van der Waals surface area (Å²) in [4.78, 5) is 23.7. The van der Waals surface area contributed by atoms with E-state index in [2.05, 4.69) is 0 Å². The molecule has 3 nitrogen and oxygen atoms in total. The zero-order chi connectivity index (χ0) is 13.1. The van der Waals surface area contributed by atoms with E-state index in [1.165, 1.54) is 16.7 Å². The first-order valence-electron chi connectivity index (χ1n) is 5.82. The number of Topliss-reactive ketones (excluding diaryl/α,β-unsaturated/α-hetero) is 1. The fraction of sp³-hybridized carbons (Fsp3) is 0.286. The maximum atomic E-state index is 12.8. The molecule has 4 heteroatoms. The highest BCUT2D eigenvalue weighted by Gasteiger charge is 2.14. The van der Waals surface area contributed by atoms with E-state index >= 15 is 0 Å². The summed E-state index contributed by atoms with van der Waals surface area (Å²) < 4.78 is 14.2. The minimum Gasteiger partial charge on any atom is -0.308 e. The van der Waals surface area contributed by atoms with Crippen LogP contribution >= 0.6 is 0 Å². The molecule has 0 aromatic carbocycles. The zero-order valence-electron chi connectivity index (χ0n) is 10.1. The molecule has 1 aliphatic rings. The van der Waals surface area contributed by atoms with E-state index in [9.17, 15) is 14.0 Å². The van der Waals surface area contributed by atoms with E-state index in [1.54, 1.807) is 25.3 Å². The Bertz CT molecular complexity index is 596. The number of hydrogen-bond donors (Lipinski definition) is 0. The average molecular weight is 247 g/mol. The van der Waals surface area contributed by atoms with Crippen LogP contribution < -0.4 is 5.56 Å². The summed E-state index contributed by atoms with van der Waals surface area (Å²) in [6.07, 6.45) is 5.08. The van der Waals surface area contributed by atoms with Crippen molar-refractivity contribution < 1.29 is 9.18 Å². The minimum atomic E-state index is -0.209. The van der Waals surface area contributed by atoms with Gasteiger partial charge in [0.25, 0.3) is 5.56 Å². The molecule has 1 aliphatic carbocycles. The SMILES string of the molecule is Cc1cccn(CC(=O)C2=CC=C(F)CC2)c1=O. The minimum absolute atomic E-state index is 0.0157. The Labute approximate surface area is 104 Å². The number of nitrogens with zero attached hydrogens (tertiary/aromatic N) is 1. The first kappa shape index (κ1) is 12.5. The van der Waals surface area contributed by atoms with E-state index in [1.807, 2.05) is 0 Å². The van der Waals surface area contributed by atoms with Crippen molar-refractivity contribution >= 4 is 5.78 Å². The number of aromatic nitrogens is 1. The van der Waals surface area contributed by atoms with Gasteiger partial charge in [-0.05, 0) is 31.1 Å². The molecule has 0 saturated carbocycles. The second-order valence-corrected chi connectivity index (χ2v) is 4.35. The lowest BCUT2D eigenvalue weighted by Crippen LogP contribution is -2.25. The third kappa shape index (κ3) is 2.64. The molecule has 1 aromatic rings. The lowest BCUT2D eigenvalue weighted by atomic mass is 10.0. The molecule has 0 spiro atoms. The van der Waals surface area contributed by atoms with Crippen LogP contribution in [0, 0.1) is 6.92 Å². The first-order valence-corrected chi connectivity index (χ1v) is 5.82. The van der Waals surface area contributed by atoms with Gasteiger partial charge in [0.1, 0.15) is 5.83 Å². The van der Waals surface area contributed by atoms with Crippen LogP contribution in [0.1, 0.15) is 18.4 Å². The molecule has 0 fully saturated rings. The van der Waals surface area contributed by atoms with Gasteiger partial charge in [0, 0.05) is 18.2 Å². The highest BCUT2D eigenvalue weighted by molar-refractivity contribution is 5.95. The third-order valence-electron chi connectivity index (χ3n) is 2.98. The molecule has 94 valence electrons. The Kier molecular flexibility index (Phi) is 3.55. The summed E-state index contributed by atoms with van der Waals surface area (Å²) in [6.45, 7) is 1.73. The molecule has 0 saturated heterocycles. The Balaban J connectivity index is 2.18. The van der Waals surface area contributed by atoms with Gasteiger partial charge in [-0.3, -0.25) is 9.59 Å². The van der Waals surface area contributed by atoms with Gasteiger partial charge in [0.2, 0.25) is 0 Å². The van der Waals surface area contributed by atoms with Crippen molar-refractivity contribution in [2.45, 2.75) is 26.3 Å². The molecule has 0 atom stereocenters. The summed E-state index contributed by atoms with van der Waals surface area (Å²) in [5, 5.41) is 0. The standard InChI is InChI=1S/C14H14FNO2/c1-10-3-2-8-16(14(10)18)9-13(17)11-4-6-12(15)7-5-11/h2-4,6,8H,5,7,9H2,1H3. The molecule has 0 aliphatic heterocycles. The maximum Gasteiger partial charge on any atom is 0.253 e. The second-order valence-electron chi connectivity index (χ2n) is 4.35. The van der Waals surface area contributed by atoms with Crippen LogP contribution in [0.15, 0.2) is 46.7 Å². The summed E-state index contributed by atoms with van der Waals surface area (Å²) >= 11 is 0. The third-order valence-corrected chi connectivity index (χ3v) is 2.98. The normalized spacial score (nSPS) is 15.0. The molecule has 1 heterocycles. The number of pyridine rings is 1. The summed E-state index contributed by atoms with van der Waals surface area (Å²) in [5.41, 5.74) is 1.02. The fourth-order valence-electron chi connectivity index (χ4n) is 1.88. The van der Waals surface area contributed by atoms with Crippen molar-refractivity contribution in [2.75, 3.05) is 0 Å². The lowest BCUT2D eigenvalue weighted by molar-refractivity contribution is -0.116. The van der Waals surface area contributed by atoms with Crippen molar-refractivity contribution in [2.24, 2.45) is 0 Å². The van der Waals surface area contributed by atoms with Crippen LogP contribution in [0.5, 0.6) is 0 Å². The largest absolute Gasteiger partial charge is 0.308 e. The van der Waals surface area contributed by atoms with Crippen molar-refractivity contribution in [1.29, 1.82) is 0 Å². The highest BCUT2D eigenvalue weighted by atomic mass is 19.1. The molecule has 0 radical (unpaired) electrons. The van der Waals surface area contributed by atoms with E-state index in [4.69, 9.17) is 0 Å². The van der Waals surface area contributed by atoms with Gasteiger partial charge < -0.3 is 4.57 Å². The first-order chi connectivity index (χ1) is 8.58. The van der Waals surface area contributed by atoms with Crippen molar-refractivity contribution in [3.05, 3.63) is 57.8 Å². The predicted molar refractivity (Wildman–Crippen MR) is 67.0 cm³/mol. The number of ketones is 1. The molecule has 1 aromatic heterocycles. The number of hydrogen-bond acceptors (Lipinski definition) is 2. The van der Waals surface area contributed by atoms with Crippen LogP contribution in [-0.2, 0) is 11.3 Å². The molecule has 18 heavy (non-hydrogen) atoms. The lowest BCUT2D eigenvalue weighted by Gasteiger charge is -2.10. The molecular weight excluding hydrogens is 233 g/mol. The quantitative estimate of drug-likeness (QED) is 0.822. The van der Waals surface area contributed by atoms with E-state index in [0.29, 0.717) is 17.6 Å². The number of allylic oxidation sites excluding steroid dienone is 4. The Morgan fingerprint density at radius 3 is 2.83 bits per heavy atom. The average Bonchev–Trinajstić information content (AvgIpc) is 2.36. The summed E-state index contributed by atoms with van der Waals surface area (Å²) in [5.74, 6) is -0.342. The predicted octanol–water partition coefficient (Wildman–Crippen LogP) is 2.30. The van der Waals surface area contributed by atoms with Crippen LogP contribution in [0.2, 0.25) is 0 Å². The van der Waals surface area contributed by atoms with Gasteiger partial charge in [-0.15, -0.1) is 0 Å². The maximum absolute atomic E-state index is 12.8. The van der Waals surface area contributed by atoms with Crippen molar-refractivity contribution in [3.63, 3.8) is 0 Å². The monoisotopic (exact) mass is 247 g/mol. The molecule has 2 rings (SSSR count). The zero-order valence-corrected chi connectivity index (χ0v) is 10.1. The van der Waals surface area contributed by atoms with Gasteiger partial charge >= 0.3 is 0 Å². The van der Waals surface area contributed by atoms with Gasteiger partial charge in [-0.1, -0.05) is 12.1 Å². The second kappa shape index (κ2) is 5.12. The Morgan fingerprint density at radius 1 is 1.39 bits per heavy atom. The molecule has 0 N–H and O–H groups in total. The van der Waals surface area contributed by atoms with E-state index in [-0.39, 0.29) is 30.1 Å². The van der Waals surface area contributed by atoms with Crippen LogP contribution in [0.4, 0.5) is 4.39 Å². The van der Waals surface area contributed by atoms with E-state index in [0.717, 1.165) is 0 Å². The molecule has 0 bridgehead atoms. The molecule has 0 unspecified atom stereocenters. The van der Waals surface area contributed by atoms with Gasteiger partial charge in [-0.2, -0.15) is 0 Å². The van der Waals surface area contributed by atoms with Crippen LogP contribution in [-0.4, -0.2) is 10.4 Å². The Hall–Kier alpha value is -1.97. The summed E-state index contributed by atoms with van der Waals surface area (Å²) in [6, 6.07) is 3.44. The summed E-state index contributed by atoms with van der Waals surface area (Å²) in [7, 11) is 0. The van der Waals surface area contributed by atoms with Crippen LogP contribution in [0.3, 0.4) is 0 Å². The topological polar surface area (TPSA) is 39.1 Å². The molecule has 0 amide bonds. The fourth-order valence-corrected chi connectivity index (χ4v) is 1.88. The number of carbonyl (C=O) groups excluding carboxylic acids is 1. The van der Waals surface area contributed by atoms with Crippen molar-refractivity contribution in [3.8, 4) is 0 Å². The van der Waals surface area contributed by atoms with Crippen LogP contribution in [0.25, 0.3) is 0 Å².